The van der Waals surface area contributed by atoms with Crippen molar-refractivity contribution in [2.75, 3.05) is 123 Å². The van der Waals surface area contributed by atoms with E-state index in [1.165, 1.54) is 6.42 Å². The molecular weight excluding hydrogens is 722 g/mol. The van der Waals surface area contributed by atoms with Gasteiger partial charge in [-0.15, -0.1) is 0 Å². The number of hydrogen-bond donors (Lipinski definition) is 3. The topological polar surface area (TPSA) is 174 Å². The average Bonchev–Trinajstić information content (AvgIpc) is 3.63. The minimum Gasteiger partial charge on any atom is -0.478 e. The molecule has 3 N–H and O–H groups in total. The van der Waals surface area contributed by atoms with Crippen molar-refractivity contribution in [2.24, 2.45) is 0 Å². The number of aryl methyl sites for hydroxylation is 1. The highest BCUT2D eigenvalue weighted by Gasteiger charge is 2.25. The Labute approximate surface area is 331 Å². The number of aliphatic carboxylic acids is 1. The lowest BCUT2D eigenvalue weighted by molar-refractivity contribution is -0.131. The number of hydrogen-bond acceptors (Lipinski definition) is 14. The van der Waals surface area contributed by atoms with E-state index in [1.807, 2.05) is 34.9 Å². The summed E-state index contributed by atoms with van der Waals surface area (Å²) in [4.78, 5) is 24.5. The molecule has 56 heavy (non-hydrogen) atoms. The number of pyridine rings is 1. The van der Waals surface area contributed by atoms with E-state index in [0.29, 0.717) is 105 Å². The molecule has 312 valence electrons. The van der Waals surface area contributed by atoms with Gasteiger partial charge < -0.3 is 53.8 Å². The number of aliphatic hydroxyl groups is 1. The molecule has 0 saturated carbocycles. The van der Waals surface area contributed by atoms with Crippen LogP contribution in [0.3, 0.4) is 0 Å². The number of carboxylic acids is 1. The Hall–Kier alpha value is -3.74. The van der Waals surface area contributed by atoms with E-state index < -0.39 is 5.97 Å². The van der Waals surface area contributed by atoms with Crippen LogP contribution in [-0.2, 0) is 52.6 Å². The lowest BCUT2D eigenvalue weighted by Gasteiger charge is -2.36. The Morgan fingerprint density at radius 3 is 2.20 bits per heavy atom. The molecule has 3 aromatic rings. The van der Waals surface area contributed by atoms with Gasteiger partial charge >= 0.3 is 5.97 Å². The van der Waals surface area contributed by atoms with Crippen LogP contribution in [-0.4, -0.2) is 159 Å². The molecule has 0 bridgehead atoms. The van der Waals surface area contributed by atoms with Gasteiger partial charge in [-0.1, -0.05) is 19.1 Å². The van der Waals surface area contributed by atoms with Crippen LogP contribution >= 0.6 is 0 Å². The molecule has 1 atom stereocenters. The predicted molar refractivity (Wildman–Crippen MR) is 214 cm³/mol. The van der Waals surface area contributed by atoms with E-state index in [9.17, 15) is 9.90 Å². The first kappa shape index (κ1) is 45.0. The lowest BCUT2D eigenvalue weighted by Crippen LogP contribution is -2.40. The van der Waals surface area contributed by atoms with E-state index in [1.54, 1.807) is 6.08 Å². The van der Waals surface area contributed by atoms with Crippen molar-refractivity contribution >= 4 is 23.3 Å². The van der Waals surface area contributed by atoms with Gasteiger partial charge in [0.1, 0.15) is 11.6 Å². The fourth-order valence-electron chi connectivity index (χ4n) is 6.19. The summed E-state index contributed by atoms with van der Waals surface area (Å²) in [5, 5.41) is 26.5. The van der Waals surface area contributed by atoms with Crippen LogP contribution in [0.25, 0.3) is 5.65 Å². The van der Waals surface area contributed by atoms with Gasteiger partial charge in [-0.3, -0.25) is 4.98 Å². The van der Waals surface area contributed by atoms with Gasteiger partial charge in [-0.2, -0.15) is 9.61 Å². The molecule has 1 aliphatic rings. The molecule has 0 aliphatic carbocycles. The highest BCUT2D eigenvalue weighted by molar-refractivity contribution is 5.79. The number of nitrogens with one attached hydrogen (secondary N) is 1. The first-order valence-corrected chi connectivity index (χ1v) is 20.0. The van der Waals surface area contributed by atoms with Crippen LogP contribution in [0.4, 0.5) is 11.6 Å². The summed E-state index contributed by atoms with van der Waals surface area (Å²) in [6.07, 6.45) is 12.2. The Bertz CT molecular complexity index is 1540. The molecule has 0 radical (unpaired) electrons. The molecule has 1 fully saturated rings. The third kappa shape index (κ3) is 16.8. The van der Waals surface area contributed by atoms with E-state index in [4.69, 9.17) is 38.5 Å². The smallest absolute Gasteiger partial charge is 0.328 e. The first-order chi connectivity index (χ1) is 27.5. The zero-order valence-electron chi connectivity index (χ0n) is 33.3. The van der Waals surface area contributed by atoms with Crippen LogP contribution in [0.15, 0.2) is 42.7 Å². The number of nitrogens with zero attached hydrogens (tertiary/aromatic N) is 6. The number of carboxylic acid groups (broad SMARTS) is 1. The number of aliphatic hydroxyl groups excluding tert-OH is 1. The molecule has 1 aliphatic heterocycles. The standard InChI is InChI=1S/C40H63N7O9/c1-3-34-32-43-47-37(29-38(44-40(34)47)46-14-5-4-7-36(46)11-16-48)42-31-33-9-10-35(41-30-33)12-17-51-19-21-53-23-25-55-27-28-56-26-24-54-22-20-52-18-15-45(2)13-6-8-39(49)50/h6,8-10,29-30,32,36,42,48H,3-5,7,11-28,31H2,1-2H3,(H,49,50)/b8-6+/t36-/m0/s1. The highest BCUT2D eigenvalue weighted by Crippen LogP contribution is 2.29. The summed E-state index contributed by atoms with van der Waals surface area (Å²) < 4.78 is 35.3. The fourth-order valence-corrected chi connectivity index (χ4v) is 6.19. The van der Waals surface area contributed by atoms with Gasteiger partial charge in [0.15, 0.2) is 5.65 Å². The number of fused-ring (bicyclic) bond motifs is 1. The fraction of sp³-hybridized carbons (Fsp3) is 0.650. The zero-order valence-corrected chi connectivity index (χ0v) is 33.3. The van der Waals surface area contributed by atoms with Crippen molar-refractivity contribution in [3.63, 3.8) is 0 Å². The van der Waals surface area contributed by atoms with Crippen molar-refractivity contribution in [3.8, 4) is 0 Å². The monoisotopic (exact) mass is 785 g/mol. The highest BCUT2D eigenvalue weighted by atomic mass is 16.6. The Kier molecular flexibility index (Phi) is 21.7. The minimum atomic E-state index is -0.942. The molecule has 0 amide bonds. The van der Waals surface area contributed by atoms with E-state index >= 15 is 0 Å². The number of carbonyl (C=O) groups is 1. The summed E-state index contributed by atoms with van der Waals surface area (Å²) in [6.45, 7) is 11.2. The minimum absolute atomic E-state index is 0.179. The lowest BCUT2D eigenvalue weighted by atomic mass is 9.99. The van der Waals surface area contributed by atoms with Gasteiger partial charge in [0.25, 0.3) is 0 Å². The van der Waals surface area contributed by atoms with Crippen LogP contribution in [0.1, 0.15) is 49.4 Å². The SMILES string of the molecule is CCc1cnn2c(NCc3ccc(CCOCCOCCOCCOCCOCCOCCN(C)C/C=C/C(=O)O)nc3)cc(N3CCCC[C@H]3CCO)nc12. The predicted octanol–water partition coefficient (Wildman–Crippen LogP) is 3.25. The first-order valence-electron chi connectivity index (χ1n) is 20.0. The molecule has 1 saturated heterocycles. The van der Waals surface area contributed by atoms with Crippen molar-refractivity contribution in [2.45, 2.75) is 58.0 Å². The maximum atomic E-state index is 10.5. The molecule has 4 heterocycles. The number of aromatic nitrogens is 4. The summed E-state index contributed by atoms with van der Waals surface area (Å²) in [7, 11) is 1.91. The quantitative estimate of drug-likeness (QED) is 0.0640. The van der Waals surface area contributed by atoms with E-state index in [0.717, 1.165) is 78.8 Å². The van der Waals surface area contributed by atoms with Crippen molar-refractivity contribution in [1.82, 2.24) is 24.5 Å². The van der Waals surface area contributed by atoms with Crippen molar-refractivity contribution in [1.29, 1.82) is 0 Å². The normalized spacial score (nSPS) is 14.8. The molecule has 0 unspecified atom stereocenters. The summed E-state index contributed by atoms with van der Waals surface area (Å²) >= 11 is 0. The largest absolute Gasteiger partial charge is 0.478 e. The van der Waals surface area contributed by atoms with E-state index in [-0.39, 0.29) is 6.61 Å². The number of likely N-dealkylation sites (N-methyl/N-ethyl adjacent to an activating group) is 1. The molecule has 0 aromatic carbocycles. The summed E-state index contributed by atoms with van der Waals surface area (Å²) in [5.74, 6) is 0.881. The summed E-state index contributed by atoms with van der Waals surface area (Å²) in [6, 6.07) is 6.51. The number of rotatable bonds is 31. The van der Waals surface area contributed by atoms with Crippen LogP contribution in [0, 0.1) is 0 Å². The summed E-state index contributed by atoms with van der Waals surface area (Å²) in [5.41, 5.74) is 4.02. The molecule has 3 aromatic heterocycles. The number of ether oxygens (including phenoxy) is 6. The average molecular weight is 786 g/mol. The van der Waals surface area contributed by atoms with Gasteiger partial charge in [0.2, 0.25) is 0 Å². The molecular formula is C40H63N7O9. The number of anilines is 2. The molecule has 0 spiro atoms. The third-order valence-corrected chi connectivity index (χ3v) is 9.31. The maximum absolute atomic E-state index is 10.5. The van der Waals surface area contributed by atoms with Gasteiger partial charge in [0.05, 0.1) is 85.5 Å². The van der Waals surface area contributed by atoms with Crippen molar-refractivity contribution < 1.29 is 43.4 Å². The van der Waals surface area contributed by atoms with Gasteiger partial charge in [-0.25, -0.2) is 9.78 Å². The van der Waals surface area contributed by atoms with E-state index in [2.05, 4.69) is 39.4 Å². The second-order valence-electron chi connectivity index (χ2n) is 13.6. The van der Waals surface area contributed by atoms with Crippen molar-refractivity contribution in [3.05, 3.63) is 59.6 Å². The number of piperidine rings is 1. The maximum Gasteiger partial charge on any atom is 0.328 e. The van der Waals surface area contributed by atoms with Crippen LogP contribution in [0.5, 0.6) is 0 Å². The Balaban J connectivity index is 0.984. The zero-order chi connectivity index (χ0) is 39.6. The molecule has 16 nitrogen and oxygen atoms in total. The Morgan fingerprint density at radius 1 is 0.929 bits per heavy atom. The second-order valence-corrected chi connectivity index (χ2v) is 13.6. The van der Waals surface area contributed by atoms with Gasteiger partial charge in [-0.05, 0) is 50.8 Å². The van der Waals surface area contributed by atoms with Gasteiger partial charge in [0, 0.05) is 74.8 Å². The Morgan fingerprint density at radius 2 is 1.59 bits per heavy atom. The van der Waals surface area contributed by atoms with Crippen LogP contribution in [0.2, 0.25) is 0 Å². The molecule has 4 rings (SSSR count). The third-order valence-electron chi connectivity index (χ3n) is 9.31. The van der Waals surface area contributed by atoms with Crippen LogP contribution < -0.4 is 10.2 Å². The molecule has 16 heteroatoms. The second kappa shape index (κ2) is 27.0.